The highest BCUT2D eigenvalue weighted by Crippen LogP contribution is 2.35. The molecule has 1 aliphatic rings. The smallest absolute Gasteiger partial charge is 0.260 e. The molecule has 2 heterocycles. The second-order valence-electron chi connectivity index (χ2n) is 6.79. The third kappa shape index (κ3) is 3.27. The molecule has 1 saturated heterocycles. The normalized spacial score (nSPS) is 16.2. The van der Waals surface area contributed by atoms with Crippen LogP contribution in [0, 0.1) is 13.8 Å². The first-order valence-electron chi connectivity index (χ1n) is 9.50. The first-order valence-corrected chi connectivity index (χ1v) is 9.91. The van der Waals surface area contributed by atoms with E-state index in [0.717, 1.165) is 22.6 Å². The monoisotopic (exact) mass is 406 g/mol. The zero-order chi connectivity index (χ0) is 20.5. The van der Waals surface area contributed by atoms with Gasteiger partial charge in [-0.25, -0.2) is 4.68 Å². The predicted molar refractivity (Wildman–Crippen MR) is 117 cm³/mol. The Morgan fingerprint density at radius 3 is 2.52 bits per heavy atom. The molecule has 1 aromatic heterocycles. The first kappa shape index (κ1) is 19.1. The summed E-state index contributed by atoms with van der Waals surface area (Å²) in [6.07, 6.45) is 0. The summed E-state index contributed by atoms with van der Waals surface area (Å²) in [5.74, 6) is 0.488. The molecule has 0 bridgehead atoms. The minimum atomic E-state index is -0.588. The lowest BCUT2D eigenvalue weighted by Crippen LogP contribution is -2.30. The Morgan fingerprint density at radius 2 is 1.79 bits per heavy atom. The van der Waals surface area contributed by atoms with Crippen LogP contribution in [0.5, 0.6) is 5.75 Å². The van der Waals surface area contributed by atoms with Crippen molar-refractivity contribution in [2.45, 2.75) is 26.8 Å². The third-order valence-electron chi connectivity index (χ3n) is 4.98. The van der Waals surface area contributed by atoms with Crippen LogP contribution in [-0.4, -0.2) is 27.4 Å². The van der Waals surface area contributed by atoms with E-state index >= 15 is 0 Å². The number of nitrogens with zero attached hydrogens (tertiary/aromatic N) is 3. The van der Waals surface area contributed by atoms with Crippen molar-refractivity contribution in [2.24, 2.45) is 0 Å². The predicted octanol–water partition coefficient (Wildman–Crippen LogP) is 3.85. The number of nitrogens with one attached hydrogen (secondary N) is 1. The maximum atomic E-state index is 13.4. The summed E-state index contributed by atoms with van der Waals surface area (Å²) in [7, 11) is 0. The lowest BCUT2D eigenvalue weighted by molar-refractivity contribution is -0.118. The van der Waals surface area contributed by atoms with Crippen LogP contribution in [0.3, 0.4) is 0 Å². The van der Waals surface area contributed by atoms with Crippen LogP contribution in [0.15, 0.2) is 54.6 Å². The topological polar surface area (TPSA) is 59.4 Å². The summed E-state index contributed by atoms with van der Waals surface area (Å²) < 4.78 is 7.56. The Kier molecular flexibility index (Phi) is 5.07. The van der Waals surface area contributed by atoms with Crippen LogP contribution in [0.25, 0.3) is 5.69 Å². The Labute approximate surface area is 175 Å². The Morgan fingerprint density at radius 1 is 1.10 bits per heavy atom. The molecule has 0 radical (unpaired) electrons. The van der Waals surface area contributed by atoms with Crippen LogP contribution in [0.1, 0.15) is 29.9 Å². The highest BCUT2D eigenvalue weighted by atomic mass is 32.1. The number of thiocarbonyl (C=S) groups is 1. The molecule has 4 rings (SSSR count). The van der Waals surface area contributed by atoms with E-state index in [-0.39, 0.29) is 5.91 Å². The molecule has 0 spiro atoms. The second-order valence-corrected chi connectivity index (χ2v) is 7.18. The van der Waals surface area contributed by atoms with Crippen LogP contribution >= 0.6 is 12.2 Å². The number of amides is 1. The lowest BCUT2D eigenvalue weighted by Gasteiger charge is -2.18. The van der Waals surface area contributed by atoms with E-state index in [1.807, 2.05) is 80.1 Å². The van der Waals surface area contributed by atoms with Crippen molar-refractivity contribution in [3.63, 3.8) is 0 Å². The largest absolute Gasteiger partial charge is 0.492 e. The standard InChI is InChI=1S/C22H22N4O2S/c1-4-28-18-13-9-8-12-17(18)25-21(27)20(23-22(25)29)19-14(2)24-26(15(19)3)16-10-6-5-7-11-16/h5-13,20H,4H2,1-3H3,(H,23,29)/t20-/m1/s1. The number of carbonyl (C=O) groups is 1. The molecule has 7 heteroatoms. The number of para-hydroxylation sites is 3. The molecule has 0 saturated carbocycles. The molecule has 148 valence electrons. The fraction of sp³-hybridized carbons (Fsp3) is 0.227. The fourth-order valence-corrected chi connectivity index (χ4v) is 4.02. The minimum Gasteiger partial charge on any atom is -0.492 e. The molecule has 6 nitrogen and oxygen atoms in total. The fourth-order valence-electron chi connectivity index (χ4n) is 3.72. The highest BCUT2D eigenvalue weighted by Gasteiger charge is 2.41. The second kappa shape index (κ2) is 7.67. The summed E-state index contributed by atoms with van der Waals surface area (Å²) in [6.45, 7) is 6.30. The van der Waals surface area contributed by atoms with Crippen molar-refractivity contribution in [1.82, 2.24) is 15.1 Å². The molecule has 2 aromatic carbocycles. The highest BCUT2D eigenvalue weighted by molar-refractivity contribution is 7.80. The van der Waals surface area contributed by atoms with Gasteiger partial charge in [0.15, 0.2) is 5.11 Å². The maximum absolute atomic E-state index is 13.4. The van der Waals surface area contributed by atoms with Gasteiger partial charge in [0.25, 0.3) is 5.91 Å². The Hall–Kier alpha value is -3.19. The molecule has 0 aliphatic carbocycles. The van der Waals surface area contributed by atoms with Gasteiger partial charge in [0.05, 0.1) is 23.7 Å². The van der Waals surface area contributed by atoms with Gasteiger partial charge in [-0.1, -0.05) is 30.3 Å². The number of hydrogen-bond acceptors (Lipinski definition) is 4. The van der Waals surface area contributed by atoms with E-state index in [0.29, 0.717) is 23.2 Å². The van der Waals surface area contributed by atoms with Gasteiger partial charge in [-0.15, -0.1) is 0 Å². The van der Waals surface area contributed by atoms with E-state index < -0.39 is 6.04 Å². The summed E-state index contributed by atoms with van der Waals surface area (Å²) >= 11 is 5.52. The van der Waals surface area contributed by atoms with E-state index in [2.05, 4.69) is 10.4 Å². The number of anilines is 1. The minimum absolute atomic E-state index is 0.138. The third-order valence-corrected chi connectivity index (χ3v) is 5.28. The van der Waals surface area contributed by atoms with Crippen LogP contribution in [0.2, 0.25) is 0 Å². The zero-order valence-corrected chi connectivity index (χ0v) is 17.4. The van der Waals surface area contributed by atoms with E-state index in [9.17, 15) is 4.79 Å². The van der Waals surface area contributed by atoms with E-state index in [1.54, 1.807) is 0 Å². The van der Waals surface area contributed by atoms with Crippen molar-refractivity contribution >= 4 is 28.9 Å². The van der Waals surface area contributed by atoms with Gasteiger partial charge in [0.2, 0.25) is 0 Å². The maximum Gasteiger partial charge on any atom is 0.260 e. The average Bonchev–Trinajstić information content (AvgIpc) is 3.18. The summed E-state index contributed by atoms with van der Waals surface area (Å²) in [5, 5.41) is 8.21. The van der Waals surface area contributed by atoms with Crippen molar-refractivity contribution in [1.29, 1.82) is 0 Å². The van der Waals surface area contributed by atoms with Crippen molar-refractivity contribution in [2.75, 3.05) is 11.5 Å². The number of aryl methyl sites for hydroxylation is 1. The molecular weight excluding hydrogens is 384 g/mol. The van der Waals surface area contributed by atoms with Gasteiger partial charge in [-0.05, 0) is 57.3 Å². The summed E-state index contributed by atoms with van der Waals surface area (Å²) in [6, 6.07) is 16.7. The van der Waals surface area contributed by atoms with Crippen molar-refractivity contribution in [3.05, 3.63) is 71.5 Å². The molecular formula is C22H22N4O2S. The number of rotatable bonds is 5. The molecule has 1 N–H and O–H groups in total. The number of carbonyl (C=O) groups excluding carboxylic acids is 1. The van der Waals surface area contributed by atoms with E-state index in [4.69, 9.17) is 17.0 Å². The molecule has 1 amide bonds. The first-order chi connectivity index (χ1) is 14.0. The lowest BCUT2D eigenvalue weighted by atomic mass is 10.0. The molecule has 1 aliphatic heterocycles. The Balaban J connectivity index is 1.73. The van der Waals surface area contributed by atoms with Gasteiger partial charge in [-0.3, -0.25) is 9.69 Å². The van der Waals surface area contributed by atoms with Gasteiger partial charge >= 0.3 is 0 Å². The quantitative estimate of drug-likeness (QED) is 0.652. The molecule has 1 atom stereocenters. The number of aromatic nitrogens is 2. The molecule has 0 unspecified atom stereocenters. The number of hydrogen-bond donors (Lipinski definition) is 1. The molecule has 3 aromatic rings. The SMILES string of the molecule is CCOc1ccccc1N1C(=O)[C@@H](c2c(C)nn(-c3ccccc3)c2C)NC1=S. The van der Waals surface area contributed by atoms with Crippen LogP contribution < -0.4 is 15.0 Å². The average molecular weight is 407 g/mol. The molecule has 29 heavy (non-hydrogen) atoms. The zero-order valence-electron chi connectivity index (χ0n) is 16.5. The number of ether oxygens (including phenoxy) is 1. The van der Waals surface area contributed by atoms with Crippen LogP contribution in [0.4, 0.5) is 5.69 Å². The van der Waals surface area contributed by atoms with Gasteiger partial charge in [0.1, 0.15) is 11.8 Å². The summed E-state index contributed by atoms with van der Waals surface area (Å²) in [5.41, 5.74) is 4.14. The van der Waals surface area contributed by atoms with E-state index in [1.165, 1.54) is 4.90 Å². The number of benzene rings is 2. The van der Waals surface area contributed by atoms with Gasteiger partial charge in [0, 0.05) is 11.3 Å². The Bertz CT molecular complexity index is 1080. The van der Waals surface area contributed by atoms with Crippen molar-refractivity contribution in [3.8, 4) is 11.4 Å². The molecule has 1 fully saturated rings. The summed E-state index contributed by atoms with van der Waals surface area (Å²) in [4.78, 5) is 14.9. The van der Waals surface area contributed by atoms with Crippen molar-refractivity contribution < 1.29 is 9.53 Å². The van der Waals surface area contributed by atoms with Gasteiger partial charge in [-0.2, -0.15) is 5.10 Å². The van der Waals surface area contributed by atoms with Crippen LogP contribution in [-0.2, 0) is 4.79 Å². The van der Waals surface area contributed by atoms with Gasteiger partial charge < -0.3 is 10.1 Å².